The van der Waals surface area contributed by atoms with Gasteiger partial charge in [-0.05, 0) is 21.9 Å². The molecule has 0 spiro atoms. The molecule has 0 aromatic carbocycles. The van der Waals surface area contributed by atoms with Gasteiger partial charge in [0.2, 0.25) is 11.1 Å². The monoisotopic (exact) mass is 395 g/mol. The number of carbonyl (C=O) groups is 2. The van der Waals surface area contributed by atoms with E-state index in [1.807, 2.05) is 22.4 Å². The molecule has 1 saturated heterocycles. The lowest BCUT2D eigenvalue weighted by molar-refractivity contribution is -0.118. The number of hydrogen-bond acceptors (Lipinski definition) is 8. The SMILES string of the molecule is Cn1nnnc1SCC(=O)NCCN1CCN(C(=O)c2cccs2)CC1. The lowest BCUT2D eigenvalue weighted by Crippen LogP contribution is -2.50. The molecule has 0 bridgehead atoms. The summed E-state index contributed by atoms with van der Waals surface area (Å²) in [7, 11) is 1.74. The molecular weight excluding hydrogens is 374 g/mol. The summed E-state index contributed by atoms with van der Waals surface area (Å²) in [4.78, 5) is 29.1. The van der Waals surface area contributed by atoms with Crippen molar-refractivity contribution in [2.24, 2.45) is 7.05 Å². The minimum atomic E-state index is -0.0375. The van der Waals surface area contributed by atoms with E-state index in [0.29, 0.717) is 11.7 Å². The molecule has 0 unspecified atom stereocenters. The predicted octanol–water partition coefficient (Wildman–Crippen LogP) is -0.0621. The zero-order valence-electron chi connectivity index (χ0n) is 14.5. The highest BCUT2D eigenvalue weighted by molar-refractivity contribution is 7.99. The standard InChI is InChI=1S/C15H21N7O2S2/c1-20-15(17-18-19-20)26-11-13(23)16-4-5-21-6-8-22(9-7-21)14(24)12-3-2-10-25-12/h2-3,10H,4-9,11H2,1H3,(H,16,23). The van der Waals surface area contributed by atoms with Gasteiger partial charge in [-0.1, -0.05) is 17.8 Å². The van der Waals surface area contributed by atoms with Gasteiger partial charge in [-0.25, -0.2) is 4.68 Å². The molecule has 1 fully saturated rings. The molecule has 3 rings (SSSR count). The van der Waals surface area contributed by atoms with E-state index in [-0.39, 0.29) is 17.6 Å². The smallest absolute Gasteiger partial charge is 0.264 e. The van der Waals surface area contributed by atoms with Gasteiger partial charge in [0, 0.05) is 46.3 Å². The van der Waals surface area contributed by atoms with Crippen LogP contribution in [-0.4, -0.2) is 86.8 Å². The minimum absolute atomic E-state index is 0.0375. The average molecular weight is 396 g/mol. The first-order valence-corrected chi connectivity index (χ1v) is 10.2. The van der Waals surface area contributed by atoms with Crippen LogP contribution in [0.25, 0.3) is 0 Å². The van der Waals surface area contributed by atoms with E-state index in [9.17, 15) is 9.59 Å². The van der Waals surface area contributed by atoms with Gasteiger partial charge in [0.1, 0.15) is 0 Å². The summed E-state index contributed by atoms with van der Waals surface area (Å²) in [5.41, 5.74) is 0. The Morgan fingerprint density at radius 2 is 2.12 bits per heavy atom. The average Bonchev–Trinajstić information content (AvgIpc) is 3.32. The molecule has 2 amide bonds. The largest absolute Gasteiger partial charge is 0.354 e. The van der Waals surface area contributed by atoms with Gasteiger partial charge in [-0.15, -0.1) is 16.4 Å². The molecule has 0 atom stereocenters. The molecular formula is C15H21N7O2S2. The zero-order valence-corrected chi connectivity index (χ0v) is 16.1. The van der Waals surface area contributed by atoms with Gasteiger partial charge in [-0.2, -0.15) is 0 Å². The molecule has 140 valence electrons. The van der Waals surface area contributed by atoms with Crippen molar-refractivity contribution in [3.05, 3.63) is 22.4 Å². The first-order valence-electron chi connectivity index (χ1n) is 8.30. The van der Waals surface area contributed by atoms with E-state index < -0.39 is 0 Å². The Morgan fingerprint density at radius 3 is 2.77 bits per heavy atom. The third-order valence-corrected chi connectivity index (χ3v) is 5.92. The van der Waals surface area contributed by atoms with Crippen LogP contribution < -0.4 is 5.32 Å². The molecule has 26 heavy (non-hydrogen) atoms. The Balaban J connectivity index is 1.31. The maximum absolute atomic E-state index is 12.3. The van der Waals surface area contributed by atoms with Gasteiger partial charge >= 0.3 is 0 Å². The molecule has 1 aliphatic rings. The first-order chi connectivity index (χ1) is 12.6. The van der Waals surface area contributed by atoms with Crippen LogP contribution in [0, 0.1) is 0 Å². The topological polar surface area (TPSA) is 96.2 Å². The van der Waals surface area contributed by atoms with Gasteiger partial charge in [0.25, 0.3) is 5.91 Å². The molecule has 0 radical (unpaired) electrons. The third-order valence-electron chi connectivity index (χ3n) is 4.06. The number of aromatic nitrogens is 4. The van der Waals surface area contributed by atoms with E-state index in [4.69, 9.17) is 0 Å². The van der Waals surface area contributed by atoms with Crippen molar-refractivity contribution in [1.29, 1.82) is 0 Å². The molecule has 11 heteroatoms. The van der Waals surface area contributed by atoms with Crippen molar-refractivity contribution in [3.8, 4) is 0 Å². The van der Waals surface area contributed by atoms with Crippen LogP contribution in [0.4, 0.5) is 0 Å². The number of carbonyl (C=O) groups excluding carboxylic acids is 2. The summed E-state index contributed by atoms with van der Waals surface area (Å²) >= 11 is 2.79. The molecule has 2 aromatic rings. The Kier molecular flexibility index (Phi) is 6.58. The van der Waals surface area contributed by atoms with E-state index in [1.54, 1.807) is 7.05 Å². The lowest BCUT2D eigenvalue weighted by Gasteiger charge is -2.34. The Hall–Kier alpha value is -1.98. The minimum Gasteiger partial charge on any atom is -0.354 e. The number of tetrazole rings is 1. The number of thioether (sulfide) groups is 1. The number of amides is 2. The van der Waals surface area contributed by atoms with Crippen LogP contribution in [0.3, 0.4) is 0 Å². The molecule has 2 aromatic heterocycles. The molecule has 0 aliphatic carbocycles. The fraction of sp³-hybridized carbons (Fsp3) is 0.533. The maximum Gasteiger partial charge on any atom is 0.264 e. The number of aryl methyl sites for hydroxylation is 1. The normalized spacial score (nSPS) is 15.2. The molecule has 0 saturated carbocycles. The summed E-state index contributed by atoms with van der Waals surface area (Å²) in [5, 5.41) is 16.5. The highest BCUT2D eigenvalue weighted by Gasteiger charge is 2.22. The van der Waals surface area contributed by atoms with E-state index in [2.05, 4.69) is 25.7 Å². The Morgan fingerprint density at radius 1 is 1.31 bits per heavy atom. The van der Waals surface area contributed by atoms with Crippen molar-refractivity contribution >= 4 is 34.9 Å². The van der Waals surface area contributed by atoms with Gasteiger partial charge in [-0.3, -0.25) is 14.5 Å². The van der Waals surface area contributed by atoms with Crippen LogP contribution >= 0.6 is 23.1 Å². The van der Waals surface area contributed by atoms with Crippen LogP contribution in [0.15, 0.2) is 22.7 Å². The molecule has 9 nitrogen and oxygen atoms in total. The van der Waals surface area contributed by atoms with Crippen molar-refractivity contribution in [3.63, 3.8) is 0 Å². The fourth-order valence-corrected chi connectivity index (χ4v) is 3.98. The quantitative estimate of drug-likeness (QED) is 0.656. The highest BCUT2D eigenvalue weighted by Crippen LogP contribution is 2.14. The number of rotatable bonds is 7. The van der Waals surface area contributed by atoms with E-state index in [0.717, 1.165) is 37.6 Å². The number of nitrogens with zero attached hydrogens (tertiary/aromatic N) is 6. The van der Waals surface area contributed by atoms with Gasteiger partial charge in [0.05, 0.1) is 10.6 Å². The summed E-state index contributed by atoms with van der Waals surface area (Å²) in [6, 6.07) is 3.76. The molecule has 1 aliphatic heterocycles. The summed E-state index contributed by atoms with van der Waals surface area (Å²) in [5.74, 6) is 0.366. The highest BCUT2D eigenvalue weighted by atomic mass is 32.2. The summed E-state index contributed by atoms with van der Waals surface area (Å²) in [6.45, 7) is 4.47. The van der Waals surface area contributed by atoms with Crippen molar-refractivity contribution in [2.75, 3.05) is 45.0 Å². The van der Waals surface area contributed by atoms with Crippen LogP contribution in [0.5, 0.6) is 0 Å². The number of hydrogen-bond donors (Lipinski definition) is 1. The van der Waals surface area contributed by atoms with Crippen LogP contribution in [0.1, 0.15) is 9.67 Å². The van der Waals surface area contributed by atoms with Gasteiger partial charge in [0.15, 0.2) is 0 Å². The number of nitrogens with one attached hydrogen (secondary N) is 1. The second kappa shape index (κ2) is 9.10. The van der Waals surface area contributed by atoms with Gasteiger partial charge < -0.3 is 10.2 Å². The van der Waals surface area contributed by atoms with Crippen molar-refractivity contribution in [2.45, 2.75) is 5.16 Å². The van der Waals surface area contributed by atoms with E-state index in [1.165, 1.54) is 27.8 Å². The maximum atomic E-state index is 12.3. The van der Waals surface area contributed by atoms with Crippen LogP contribution in [0.2, 0.25) is 0 Å². The number of thiophene rings is 1. The molecule has 3 heterocycles. The Bertz CT molecular complexity index is 726. The zero-order chi connectivity index (χ0) is 18.4. The second-order valence-corrected chi connectivity index (χ2v) is 7.73. The Labute approximate surface area is 159 Å². The second-order valence-electron chi connectivity index (χ2n) is 5.83. The lowest BCUT2D eigenvalue weighted by atomic mass is 10.3. The van der Waals surface area contributed by atoms with Crippen molar-refractivity contribution < 1.29 is 9.59 Å². The summed E-state index contributed by atoms with van der Waals surface area (Å²) in [6.07, 6.45) is 0. The number of piperazine rings is 1. The van der Waals surface area contributed by atoms with E-state index >= 15 is 0 Å². The first kappa shape index (κ1) is 18.8. The van der Waals surface area contributed by atoms with Crippen molar-refractivity contribution in [1.82, 2.24) is 35.3 Å². The third kappa shape index (κ3) is 5.02. The van der Waals surface area contributed by atoms with Crippen LogP contribution in [-0.2, 0) is 11.8 Å². The predicted molar refractivity (Wildman–Crippen MR) is 99.2 cm³/mol. The summed E-state index contributed by atoms with van der Waals surface area (Å²) < 4.78 is 1.54. The molecule has 1 N–H and O–H groups in total. The fourth-order valence-electron chi connectivity index (χ4n) is 2.61.